The van der Waals surface area contributed by atoms with Crippen LogP contribution in [0, 0.1) is 5.82 Å². The van der Waals surface area contributed by atoms with E-state index in [2.05, 4.69) is 19.2 Å². The van der Waals surface area contributed by atoms with Crippen LogP contribution in [0.25, 0.3) is 0 Å². The van der Waals surface area contributed by atoms with Crippen molar-refractivity contribution in [2.24, 2.45) is 0 Å². The van der Waals surface area contributed by atoms with Gasteiger partial charge in [0.25, 0.3) is 0 Å². The molecule has 0 saturated carbocycles. The van der Waals surface area contributed by atoms with E-state index in [0.717, 1.165) is 12.8 Å². The third kappa shape index (κ3) is 4.20. The van der Waals surface area contributed by atoms with Gasteiger partial charge in [0, 0.05) is 11.7 Å². The lowest BCUT2D eigenvalue weighted by Gasteiger charge is -2.29. The lowest BCUT2D eigenvalue weighted by atomic mass is 10.1. The summed E-state index contributed by atoms with van der Waals surface area (Å²) in [4.78, 5) is 14.2. The highest BCUT2D eigenvalue weighted by Gasteiger charge is 2.21. The topological polar surface area (TPSA) is 58.4 Å². The van der Waals surface area contributed by atoms with Gasteiger partial charge in [-0.3, -0.25) is 9.69 Å². The van der Waals surface area contributed by atoms with Gasteiger partial charge in [0.1, 0.15) is 5.82 Å². The molecule has 0 bridgehead atoms. The van der Waals surface area contributed by atoms with Gasteiger partial charge >= 0.3 is 0 Å². The van der Waals surface area contributed by atoms with Crippen LogP contribution >= 0.6 is 0 Å². The summed E-state index contributed by atoms with van der Waals surface area (Å²) in [6.45, 7) is 6.08. The Bertz CT molecular complexity index is 464. The zero-order valence-corrected chi connectivity index (χ0v) is 12.6. The standard InChI is InChI=1S/C15H24FN3O/c1-5-6-10(2)19(4)11(3)15(20)18-12-7-8-13(16)14(17)9-12/h7-11H,5-6,17H2,1-4H3,(H,18,20). The van der Waals surface area contributed by atoms with Crippen LogP contribution in [0.2, 0.25) is 0 Å². The maximum absolute atomic E-state index is 13.1. The molecular formula is C15H24FN3O. The van der Waals surface area contributed by atoms with Gasteiger partial charge in [0.2, 0.25) is 5.91 Å². The van der Waals surface area contributed by atoms with Crippen molar-refractivity contribution in [3.63, 3.8) is 0 Å². The van der Waals surface area contributed by atoms with Crippen LogP contribution in [0.15, 0.2) is 18.2 Å². The number of benzene rings is 1. The van der Waals surface area contributed by atoms with Crippen LogP contribution in [0.3, 0.4) is 0 Å². The number of nitrogens with one attached hydrogen (secondary N) is 1. The van der Waals surface area contributed by atoms with Gasteiger partial charge in [0.05, 0.1) is 11.7 Å². The zero-order valence-electron chi connectivity index (χ0n) is 12.6. The quantitative estimate of drug-likeness (QED) is 0.788. The minimum absolute atomic E-state index is 0.0307. The molecule has 1 amide bonds. The van der Waals surface area contributed by atoms with Gasteiger partial charge in [-0.1, -0.05) is 13.3 Å². The molecule has 2 atom stereocenters. The molecule has 0 spiro atoms. The van der Waals surface area contributed by atoms with E-state index >= 15 is 0 Å². The van der Waals surface area contributed by atoms with E-state index in [9.17, 15) is 9.18 Å². The number of rotatable bonds is 6. The molecule has 4 nitrogen and oxygen atoms in total. The SMILES string of the molecule is CCCC(C)N(C)C(C)C(=O)Nc1ccc(F)c(N)c1. The number of halogens is 1. The van der Waals surface area contributed by atoms with Crippen molar-refractivity contribution in [1.82, 2.24) is 4.90 Å². The maximum Gasteiger partial charge on any atom is 0.241 e. The van der Waals surface area contributed by atoms with Gasteiger partial charge in [-0.05, 0) is 45.5 Å². The Hall–Kier alpha value is -1.62. The number of anilines is 2. The summed E-state index contributed by atoms with van der Waals surface area (Å²) in [5.41, 5.74) is 6.03. The normalized spacial score (nSPS) is 14.1. The first-order valence-electron chi connectivity index (χ1n) is 6.94. The fourth-order valence-electron chi connectivity index (χ4n) is 2.06. The summed E-state index contributed by atoms with van der Waals surface area (Å²) in [5.74, 6) is -0.605. The van der Waals surface area contributed by atoms with Crippen molar-refractivity contribution in [3.8, 4) is 0 Å². The Kier molecular flexibility index (Phi) is 5.95. The zero-order chi connectivity index (χ0) is 15.3. The summed E-state index contributed by atoms with van der Waals surface area (Å²) >= 11 is 0. The first-order valence-corrected chi connectivity index (χ1v) is 6.94. The lowest BCUT2D eigenvalue weighted by molar-refractivity contribution is -0.121. The molecule has 0 fully saturated rings. The third-order valence-corrected chi connectivity index (χ3v) is 3.66. The molecule has 0 aliphatic heterocycles. The summed E-state index contributed by atoms with van der Waals surface area (Å²) in [6, 6.07) is 4.25. The van der Waals surface area contributed by atoms with Crippen molar-refractivity contribution in [1.29, 1.82) is 0 Å². The molecule has 0 aliphatic carbocycles. The minimum Gasteiger partial charge on any atom is -0.396 e. The number of nitrogens with zero attached hydrogens (tertiary/aromatic N) is 1. The van der Waals surface area contributed by atoms with E-state index in [-0.39, 0.29) is 17.6 Å². The number of hydrogen-bond donors (Lipinski definition) is 2. The molecule has 1 rings (SSSR count). The number of amides is 1. The Morgan fingerprint density at radius 2 is 2.10 bits per heavy atom. The van der Waals surface area contributed by atoms with E-state index in [1.807, 2.05) is 18.9 Å². The van der Waals surface area contributed by atoms with E-state index in [1.165, 1.54) is 18.2 Å². The number of nitrogen functional groups attached to an aromatic ring is 1. The number of hydrogen-bond acceptors (Lipinski definition) is 3. The molecule has 0 saturated heterocycles. The first kappa shape index (κ1) is 16.4. The highest BCUT2D eigenvalue weighted by atomic mass is 19.1. The largest absolute Gasteiger partial charge is 0.396 e. The van der Waals surface area contributed by atoms with Crippen LogP contribution < -0.4 is 11.1 Å². The van der Waals surface area contributed by atoms with Crippen LogP contribution in [0.1, 0.15) is 33.6 Å². The Balaban J connectivity index is 2.67. The smallest absolute Gasteiger partial charge is 0.241 e. The minimum atomic E-state index is -0.482. The van der Waals surface area contributed by atoms with Gasteiger partial charge in [-0.15, -0.1) is 0 Å². The number of nitrogens with two attached hydrogens (primary N) is 1. The van der Waals surface area contributed by atoms with Crippen molar-refractivity contribution >= 4 is 17.3 Å². The summed E-state index contributed by atoms with van der Waals surface area (Å²) in [5, 5.41) is 2.76. The van der Waals surface area contributed by atoms with Crippen molar-refractivity contribution in [2.75, 3.05) is 18.1 Å². The van der Waals surface area contributed by atoms with Crippen molar-refractivity contribution < 1.29 is 9.18 Å². The molecule has 1 aromatic rings. The molecular weight excluding hydrogens is 257 g/mol. The Morgan fingerprint density at radius 1 is 1.45 bits per heavy atom. The molecule has 0 aromatic heterocycles. The number of carbonyl (C=O) groups is 1. The maximum atomic E-state index is 13.1. The summed E-state index contributed by atoms with van der Waals surface area (Å²) in [7, 11) is 1.93. The monoisotopic (exact) mass is 281 g/mol. The van der Waals surface area contributed by atoms with Gasteiger partial charge in [0.15, 0.2) is 0 Å². The molecule has 112 valence electrons. The highest BCUT2D eigenvalue weighted by Crippen LogP contribution is 2.17. The second-order valence-corrected chi connectivity index (χ2v) is 5.20. The predicted molar refractivity (Wildman–Crippen MR) is 81.0 cm³/mol. The number of carbonyl (C=O) groups excluding carboxylic acids is 1. The molecule has 1 aromatic carbocycles. The van der Waals surface area contributed by atoms with Crippen molar-refractivity contribution in [2.45, 2.75) is 45.7 Å². The average Bonchev–Trinajstić information content (AvgIpc) is 2.41. The first-order chi connectivity index (χ1) is 9.36. The van der Waals surface area contributed by atoms with Crippen LogP contribution in [0.4, 0.5) is 15.8 Å². The molecule has 3 N–H and O–H groups in total. The van der Waals surface area contributed by atoms with E-state index in [0.29, 0.717) is 11.7 Å². The van der Waals surface area contributed by atoms with Crippen LogP contribution in [0.5, 0.6) is 0 Å². The third-order valence-electron chi connectivity index (χ3n) is 3.66. The lowest BCUT2D eigenvalue weighted by Crippen LogP contribution is -2.44. The van der Waals surface area contributed by atoms with Crippen LogP contribution in [-0.2, 0) is 4.79 Å². The van der Waals surface area contributed by atoms with Gasteiger partial charge < -0.3 is 11.1 Å². The Morgan fingerprint density at radius 3 is 2.65 bits per heavy atom. The molecule has 5 heteroatoms. The summed E-state index contributed by atoms with van der Waals surface area (Å²) in [6.07, 6.45) is 2.12. The summed E-state index contributed by atoms with van der Waals surface area (Å²) < 4.78 is 13.1. The van der Waals surface area contributed by atoms with Crippen LogP contribution in [-0.4, -0.2) is 29.9 Å². The molecule has 0 heterocycles. The molecule has 20 heavy (non-hydrogen) atoms. The molecule has 2 unspecified atom stereocenters. The van der Waals surface area contributed by atoms with E-state index in [4.69, 9.17) is 5.73 Å². The fourth-order valence-corrected chi connectivity index (χ4v) is 2.06. The molecule has 0 radical (unpaired) electrons. The van der Waals surface area contributed by atoms with Crippen molar-refractivity contribution in [3.05, 3.63) is 24.0 Å². The highest BCUT2D eigenvalue weighted by molar-refractivity contribution is 5.94. The van der Waals surface area contributed by atoms with Gasteiger partial charge in [-0.25, -0.2) is 4.39 Å². The van der Waals surface area contributed by atoms with Gasteiger partial charge in [-0.2, -0.15) is 0 Å². The van der Waals surface area contributed by atoms with E-state index < -0.39 is 5.82 Å². The average molecular weight is 281 g/mol. The predicted octanol–water partition coefficient (Wildman–Crippen LogP) is 2.86. The fraction of sp³-hybridized carbons (Fsp3) is 0.533. The molecule has 0 aliphatic rings. The number of likely N-dealkylation sites (N-methyl/N-ethyl adjacent to an activating group) is 1. The second-order valence-electron chi connectivity index (χ2n) is 5.20. The van der Waals surface area contributed by atoms with E-state index in [1.54, 1.807) is 0 Å². The Labute approximate surface area is 120 Å². The second kappa shape index (κ2) is 7.24.